The molecule has 0 spiro atoms. The molecular weight excluding hydrogens is 306 g/mol. The van der Waals surface area contributed by atoms with E-state index in [1.54, 1.807) is 0 Å². The molecule has 121 valence electrons. The molecule has 2 saturated carbocycles. The average molecular weight is 319 g/mol. The molecule has 0 amide bonds. The van der Waals surface area contributed by atoms with Gasteiger partial charge in [-0.3, -0.25) is 0 Å². The Bertz CT molecular complexity index is 404. The number of halogens is 6. The number of alkyl halides is 6. The summed E-state index contributed by atoms with van der Waals surface area (Å²) in [5.74, 6) is -0.700. The molecule has 0 aromatic carbocycles. The number of aliphatic hydroxyl groups is 1. The van der Waals surface area contributed by atoms with Gasteiger partial charge in [0.05, 0.1) is 0 Å². The highest BCUT2D eigenvalue weighted by Crippen LogP contribution is 2.58. The minimum Gasteiger partial charge on any atom is -0.450 e. The van der Waals surface area contributed by atoms with E-state index in [2.05, 4.69) is 4.74 Å². The number of fused-ring (bicyclic) bond motifs is 2. The first-order chi connectivity index (χ1) is 9.45. The predicted molar refractivity (Wildman–Crippen MR) is 56.6 cm³/mol. The molecule has 2 aliphatic carbocycles. The molecular formula is C12H13F6O3. The van der Waals surface area contributed by atoms with Crippen molar-refractivity contribution >= 4 is 6.47 Å². The van der Waals surface area contributed by atoms with E-state index in [9.17, 15) is 36.2 Å². The summed E-state index contributed by atoms with van der Waals surface area (Å²) in [6.45, 7) is 0.965. The van der Waals surface area contributed by atoms with Crippen LogP contribution < -0.4 is 0 Å². The van der Waals surface area contributed by atoms with Crippen molar-refractivity contribution in [3.8, 4) is 0 Å². The van der Waals surface area contributed by atoms with Crippen molar-refractivity contribution < 1.29 is 41.0 Å². The van der Waals surface area contributed by atoms with Crippen LogP contribution in [0.1, 0.15) is 32.1 Å². The minimum absolute atomic E-state index is 0.0888. The Morgan fingerprint density at radius 2 is 1.71 bits per heavy atom. The molecule has 0 aromatic heterocycles. The lowest BCUT2D eigenvalue weighted by Crippen LogP contribution is -2.61. The van der Waals surface area contributed by atoms with E-state index >= 15 is 0 Å². The van der Waals surface area contributed by atoms with Crippen LogP contribution in [0, 0.1) is 11.8 Å². The smallest absolute Gasteiger partial charge is 0.426 e. The molecule has 2 bridgehead atoms. The molecule has 2 rings (SSSR count). The third-order valence-corrected chi connectivity index (χ3v) is 4.66. The fourth-order valence-corrected chi connectivity index (χ4v) is 3.65. The molecule has 9 heteroatoms. The van der Waals surface area contributed by atoms with Gasteiger partial charge in [-0.2, -0.15) is 26.3 Å². The molecule has 3 atom stereocenters. The third kappa shape index (κ3) is 2.49. The van der Waals surface area contributed by atoms with E-state index in [1.807, 2.05) is 0 Å². The van der Waals surface area contributed by atoms with Crippen molar-refractivity contribution in [1.82, 2.24) is 0 Å². The zero-order valence-electron chi connectivity index (χ0n) is 10.7. The van der Waals surface area contributed by atoms with Crippen LogP contribution in [0.2, 0.25) is 0 Å². The molecule has 21 heavy (non-hydrogen) atoms. The van der Waals surface area contributed by atoms with Crippen LogP contribution in [0.15, 0.2) is 0 Å². The van der Waals surface area contributed by atoms with Crippen molar-refractivity contribution in [3.05, 3.63) is 0 Å². The molecule has 0 saturated heterocycles. The summed E-state index contributed by atoms with van der Waals surface area (Å²) in [6, 6.07) is 0. The first-order valence-corrected chi connectivity index (χ1v) is 6.36. The van der Waals surface area contributed by atoms with Crippen LogP contribution in [-0.4, -0.2) is 35.1 Å². The van der Waals surface area contributed by atoms with E-state index in [1.165, 1.54) is 0 Å². The summed E-state index contributed by atoms with van der Waals surface area (Å²) in [7, 11) is 0. The Morgan fingerprint density at radius 1 is 1.14 bits per heavy atom. The van der Waals surface area contributed by atoms with Gasteiger partial charge < -0.3 is 9.84 Å². The standard InChI is InChI=1S/C12H13F6O3/c13-11(14,15)10(20,12(16,17)18)5-9(21-6-19)4-7-1-2-8(9)3-7/h7-8,20H,1-5H2. The molecule has 2 aliphatic rings. The Hall–Kier alpha value is -0.990. The van der Waals surface area contributed by atoms with Gasteiger partial charge in [-0.1, -0.05) is 0 Å². The first-order valence-electron chi connectivity index (χ1n) is 6.36. The Balaban J connectivity index is 2.36. The second-order valence-electron chi connectivity index (χ2n) is 5.86. The van der Waals surface area contributed by atoms with Crippen LogP contribution in [0.5, 0.6) is 0 Å². The van der Waals surface area contributed by atoms with Gasteiger partial charge in [0.1, 0.15) is 5.60 Å². The fourth-order valence-electron chi connectivity index (χ4n) is 3.65. The number of hydrogen-bond acceptors (Lipinski definition) is 3. The average Bonchev–Trinajstić information content (AvgIpc) is 2.86. The van der Waals surface area contributed by atoms with Gasteiger partial charge in [0.2, 0.25) is 0 Å². The van der Waals surface area contributed by atoms with Gasteiger partial charge in [-0.05, 0) is 37.5 Å². The summed E-state index contributed by atoms with van der Waals surface area (Å²) in [5, 5.41) is 9.30. The van der Waals surface area contributed by atoms with Crippen molar-refractivity contribution in [2.45, 2.75) is 55.7 Å². The normalized spacial score (nSPS) is 33.3. The van der Waals surface area contributed by atoms with Crippen molar-refractivity contribution in [2.75, 3.05) is 0 Å². The molecule has 2 fully saturated rings. The largest absolute Gasteiger partial charge is 0.450 e. The second-order valence-corrected chi connectivity index (χ2v) is 5.86. The van der Waals surface area contributed by atoms with Crippen molar-refractivity contribution in [1.29, 1.82) is 0 Å². The van der Waals surface area contributed by atoms with Gasteiger partial charge in [0.25, 0.3) is 5.60 Å². The van der Waals surface area contributed by atoms with E-state index in [-0.39, 0.29) is 12.3 Å². The lowest BCUT2D eigenvalue weighted by atomic mass is 9.75. The first kappa shape index (κ1) is 16.4. The fraction of sp³-hybridized carbons (Fsp3) is 0.917. The maximum Gasteiger partial charge on any atom is 0.426 e. The van der Waals surface area contributed by atoms with E-state index in [0.717, 1.165) is 6.47 Å². The van der Waals surface area contributed by atoms with Gasteiger partial charge in [0, 0.05) is 6.42 Å². The zero-order chi connectivity index (χ0) is 16.1. The quantitative estimate of drug-likeness (QED) is 0.811. The highest BCUT2D eigenvalue weighted by atomic mass is 19.4. The van der Waals surface area contributed by atoms with Crippen molar-refractivity contribution in [2.24, 2.45) is 11.8 Å². The Morgan fingerprint density at radius 3 is 2.05 bits per heavy atom. The highest BCUT2D eigenvalue weighted by molar-refractivity contribution is 5.40. The van der Waals surface area contributed by atoms with E-state index in [0.29, 0.717) is 19.3 Å². The number of carbonyl (C=O) groups excluding carboxylic acids is 1. The number of ether oxygens (including phenoxy) is 1. The molecule has 1 radical (unpaired) electrons. The van der Waals surface area contributed by atoms with Crippen molar-refractivity contribution in [3.63, 3.8) is 0 Å². The SMILES string of the molecule is O=[C]OC1(CC(O)(C(F)(F)F)C(F)(F)F)CC2CCC1C2. The summed E-state index contributed by atoms with van der Waals surface area (Å²) < 4.78 is 81.2. The summed E-state index contributed by atoms with van der Waals surface area (Å²) in [6.07, 6.45) is -12.2. The van der Waals surface area contributed by atoms with Gasteiger partial charge in [0.15, 0.2) is 0 Å². The topological polar surface area (TPSA) is 46.5 Å². The molecule has 3 unspecified atom stereocenters. The maximum absolute atomic E-state index is 12.8. The predicted octanol–water partition coefficient (Wildman–Crippen LogP) is 2.87. The van der Waals surface area contributed by atoms with Gasteiger partial charge in [-0.15, -0.1) is 0 Å². The zero-order valence-corrected chi connectivity index (χ0v) is 10.7. The van der Waals surface area contributed by atoms with E-state index in [4.69, 9.17) is 0 Å². The Labute approximate surface area is 116 Å². The molecule has 3 nitrogen and oxygen atoms in total. The highest BCUT2D eigenvalue weighted by Gasteiger charge is 2.74. The Kier molecular flexibility index (Phi) is 3.71. The van der Waals surface area contributed by atoms with Gasteiger partial charge >= 0.3 is 18.8 Å². The monoisotopic (exact) mass is 319 g/mol. The van der Waals surface area contributed by atoms with Crippen LogP contribution in [-0.2, 0) is 9.53 Å². The lowest BCUT2D eigenvalue weighted by molar-refractivity contribution is -0.379. The maximum atomic E-state index is 12.8. The number of rotatable bonds is 4. The van der Waals surface area contributed by atoms with Crippen LogP contribution in [0.4, 0.5) is 26.3 Å². The van der Waals surface area contributed by atoms with Crippen LogP contribution in [0.3, 0.4) is 0 Å². The minimum atomic E-state index is -5.91. The summed E-state index contributed by atoms with van der Waals surface area (Å²) in [5.41, 5.74) is -6.86. The molecule has 0 aromatic rings. The van der Waals surface area contributed by atoms with Crippen LogP contribution in [0.25, 0.3) is 0 Å². The molecule has 0 heterocycles. The third-order valence-electron chi connectivity index (χ3n) is 4.66. The lowest BCUT2D eigenvalue weighted by Gasteiger charge is -2.42. The van der Waals surface area contributed by atoms with E-state index < -0.39 is 35.9 Å². The summed E-state index contributed by atoms with van der Waals surface area (Å²) >= 11 is 0. The van der Waals surface area contributed by atoms with Gasteiger partial charge in [-0.25, -0.2) is 4.79 Å². The summed E-state index contributed by atoms with van der Waals surface area (Å²) in [4.78, 5) is 10.4. The molecule has 1 N–H and O–H groups in total. The van der Waals surface area contributed by atoms with Crippen LogP contribution >= 0.6 is 0 Å². The molecule has 0 aliphatic heterocycles. The second kappa shape index (κ2) is 4.76. The number of hydrogen-bond donors (Lipinski definition) is 1.